The molecule has 0 spiro atoms. The molecule has 0 aliphatic rings. The van der Waals surface area contributed by atoms with Crippen LogP contribution < -0.4 is 5.73 Å². The van der Waals surface area contributed by atoms with E-state index >= 15 is 0 Å². The summed E-state index contributed by atoms with van der Waals surface area (Å²) in [5.74, 6) is -1.10. The fraction of sp³-hybridized carbons (Fsp3) is 0. The molecule has 1 heterocycles. The van der Waals surface area contributed by atoms with Crippen LogP contribution in [0.15, 0.2) is 12.3 Å². The number of carboxylic acids is 1. The predicted molar refractivity (Wildman–Crippen MR) is 40.6 cm³/mol. The maximum absolute atomic E-state index is 10.4. The number of nitrogens with two attached hydrogens (primary N) is 1. The summed E-state index contributed by atoms with van der Waals surface area (Å²) in [4.78, 5) is 14.0. The quantitative estimate of drug-likeness (QED) is 0.620. The third-order valence-electron chi connectivity index (χ3n) is 1.13. The zero-order valence-corrected chi connectivity index (χ0v) is 6.17. The number of nitrogen functional groups attached to an aromatic ring is 1. The molecule has 3 N–H and O–H groups in total. The Labute approximate surface area is 67.6 Å². The highest BCUT2D eigenvalue weighted by Gasteiger charge is 2.07. The molecule has 4 nitrogen and oxygen atoms in total. The highest BCUT2D eigenvalue weighted by molar-refractivity contribution is 6.29. The van der Waals surface area contributed by atoms with Gasteiger partial charge in [-0.05, 0) is 6.07 Å². The molecule has 0 saturated heterocycles. The van der Waals surface area contributed by atoms with Crippen molar-refractivity contribution in [1.29, 1.82) is 0 Å². The van der Waals surface area contributed by atoms with Gasteiger partial charge in [-0.2, -0.15) is 0 Å². The molecular formula is C6H5ClN2O2. The number of carbonyl (C=O) groups is 1. The van der Waals surface area contributed by atoms with Gasteiger partial charge in [-0.3, -0.25) is 0 Å². The van der Waals surface area contributed by atoms with Crippen molar-refractivity contribution < 1.29 is 9.90 Å². The number of anilines is 1. The van der Waals surface area contributed by atoms with E-state index in [9.17, 15) is 4.79 Å². The van der Waals surface area contributed by atoms with Gasteiger partial charge in [0.1, 0.15) is 5.15 Å². The summed E-state index contributed by atoms with van der Waals surface area (Å²) in [5.41, 5.74) is 5.38. The van der Waals surface area contributed by atoms with E-state index in [-0.39, 0.29) is 16.4 Å². The Bertz CT molecular complexity index is 301. The smallest absolute Gasteiger partial charge is 0.337 e. The molecule has 1 rings (SSSR count). The summed E-state index contributed by atoms with van der Waals surface area (Å²) in [6.07, 6.45) is 1.21. The summed E-state index contributed by atoms with van der Waals surface area (Å²) < 4.78 is 0. The van der Waals surface area contributed by atoms with Gasteiger partial charge in [0.25, 0.3) is 0 Å². The van der Waals surface area contributed by atoms with Crippen LogP contribution in [0.3, 0.4) is 0 Å². The van der Waals surface area contributed by atoms with E-state index in [2.05, 4.69) is 4.98 Å². The Morgan fingerprint density at radius 3 is 2.82 bits per heavy atom. The van der Waals surface area contributed by atoms with Crippen LogP contribution in [-0.4, -0.2) is 16.1 Å². The lowest BCUT2D eigenvalue weighted by atomic mass is 10.2. The molecule has 0 fully saturated rings. The van der Waals surface area contributed by atoms with Gasteiger partial charge in [-0.1, -0.05) is 11.6 Å². The van der Waals surface area contributed by atoms with Crippen LogP contribution in [0, 0.1) is 0 Å². The van der Waals surface area contributed by atoms with Gasteiger partial charge in [-0.15, -0.1) is 0 Å². The predicted octanol–water partition coefficient (Wildman–Crippen LogP) is 1.02. The monoisotopic (exact) mass is 172 g/mol. The minimum absolute atomic E-state index is 0.0231. The maximum Gasteiger partial charge on any atom is 0.337 e. The van der Waals surface area contributed by atoms with Crippen LogP contribution in [0.1, 0.15) is 10.4 Å². The number of aromatic nitrogens is 1. The Morgan fingerprint density at radius 2 is 2.36 bits per heavy atom. The normalized spacial score (nSPS) is 9.55. The van der Waals surface area contributed by atoms with Gasteiger partial charge in [0, 0.05) is 0 Å². The van der Waals surface area contributed by atoms with E-state index in [1.165, 1.54) is 12.3 Å². The number of pyridine rings is 1. The van der Waals surface area contributed by atoms with Gasteiger partial charge < -0.3 is 10.8 Å². The summed E-state index contributed by atoms with van der Waals surface area (Å²) in [6, 6.07) is 1.21. The van der Waals surface area contributed by atoms with Gasteiger partial charge in [-0.25, -0.2) is 9.78 Å². The SMILES string of the molecule is Nc1cnc(Cl)cc1C(=O)O. The second-order valence-electron chi connectivity index (χ2n) is 1.90. The summed E-state index contributed by atoms with van der Waals surface area (Å²) in [5, 5.41) is 8.65. The molecule has 5 heteroatoms. The lowest BCUT2D eigenvalue weighted by Gasteiger charge is -1.98. The molecule has 0 aromatic carbocycles. The average molecular weight is 173 g/mol. The molecule has 0 radical (unpaired) electrons. The number of halogens is 1. The lowest BCUT2D eigenvalue weighted by Crippen LogP contribution is -2.02. The zero-order valence-electron chi connectivity index (χ0n) is 5.41. The fourth-order valence-electron chi connectivity index (χ4n) is 0.626. The second-order valence-corrected chi connectivity index (χ2v) is 2.29. The number of hydrogen-bond acceptors (Lipinski definition) is 3. The molecule has 0 aliphatic heterocycles. The molecular weight excluding hydrogens is 168 g/mol. The first-order chi connectivity index (χ1) is 5.11. The van der Waals surface area contributed by atoms with Crippen molar-refractivity contribution in [2.75, 3.05) is 5.73 Å². The van der Waals surface area contributed by atoms with Gasteiger partial charge in [0.2, 0.25) is 0 Å². The third-order valence-corrected chi connectivity index (χ3v) is 1.34. The number of hydrogen-bond donors (Lipinski definition) is 2. The van der Waals surface area contributed by atoms with E-state index in [0.717, 1.165) is 0 Å². The summed E-state index contributed by atoms with van der Waals surface area (Å²) in [7, 11) is 0. The number of carboxylic acid groups (broad SMARTS) is 1. The number of rotatable bonds is 1. The molecule has 0 atom stereocenters. The van der Waals surface area contributed by atoms with Gasteiger partial charge >= 0.3 is 5.97 Å². The van der Waals surface area contributed by atoms with Crippen molar-refractivity contribution in [1.82, 2.24) is 4.98 Å². The highest BCUT2D eigenvalue weighted by atomic mass is 35.5. The van der Waals surface area contributed by atoms with Crippen LogP contribution in [0.5, 0.6) is 0 Å². The van der Waals surface area contributed by atoms with E-state index in [0.29, 0.717) is 0 Å². The van der Waals surface area contributed by atoms with Crippen molar-refractivity contribution in [3.63, 3.8) is 0 Å². The van der Waals surface area contributed by atoms with Crippen LogP contribution in [0.2, 0.25) is 5.15 Å². The first-order valence-electron chi connectivity index (χ1n) is 2.75. The molecule has 0 bridgehead atoms. The molecule has 0 saturated carbocycles. The van der Waals surface area contributed by atoms with Crippen LogP contribution in [0.25, 0.3) is 0 Å². The summed E-state index contributed by atoms with van der Waals surface area (Å²) >= 11 is 5.43. The van der Waals surface area contributed by atoms with E-state index in [4.69, 9.17) is 22.4 Å². The van der Waals surface area contributed by atoms with Crippen molar-refractivity contribution >= 4 is 23.3 Å². The molecule has 1 aromatic rings. The third kappa shape index (κ3) is 1.59. The van der Waals surface area contributed by atoms with Crippen LogP contribution >= 0.6 is 11.6 Å². The molecule has 0 unspecified atom stereocenters. The molecule has 0 aliphatic carbocycles. The van der Waals surface area contributed by atoms with Gasteiger partial charge in [0.05, 0.1) is 17.4 Å². The Balaban J connectivity index is 3.23. The average Bonchev–Trinajstić information content (AvgIpc) is 1.94. The number of aromatic carboxylic acids is 1. The Kier molecular flexibility index (Phi) is 1.96. The largest absolute Gasteiger partial charge is 0.478 e. The van der Waals surface area contributed by atoms with E-state index in [1.807, 2.05) is 0 Å². The maximum atomic E-state index is 10.4. The minimum atomic E-state index is -1.10. The van der Waals surface area contributed by atoms with Crippen molar-refractivity contribution in [2.24, 2.45) is 0 Å². The highest BCUT2D eigenvalue weighted by Crippen LogP contribution is 2.14. The standard InChI is InChI=1S/C6H5ClN2O2/c7-5-1-3(6(10)11)4(8)2-9-5/h1-2H,8H2,(H,10,11). The first kappa shape index (κ1) is 7.81. The number of nitrogens with zero attached hydrogens (tertiary/aromatic N) is 1. The first-order valence-corrected chi connectivity index (χ1v) is 3.13. The fourth-order valence-corrected chi connectivity index (χ4v) is 0.784. The summed E-state index contributed by atoms with van der Waals surface area (Å²) in [6.45, 7) is 0. The second kappa shape index (κ2) is 2.75. The zero-order chi connectivity index (χ0) is 8.43. The van der Waals surface area contributed by atoms with Crippen molar-refractivity contribution in [2.45, 2.75) is 0 Å². The Morgan fingerprint density at radius 1 is 1.73 bits per heavy atom. The van der Waals surface area contributed by atoms with Crippen LogP contribution in [0.4, 0.5) is 5.69 Å². The van der Waals surface area contributed by atoms with E-state index < -0.39 is 5.97 Å². The van der Waals surface area contributed by atoms with Gasteiger partial charge in [0.15, 0.2) is 0 Å². The topological polar surface area (TPSA) is 76.2 Å². The Hall–Kier alpha value is -1.29. The lowest BCUT2D eigenvalue weighted by molar-refractivity contribution is 0.0698. The minimum Gasteiger partial charge on any atom is -0.478 e. The molecule has 0 amide bonds. The van der Waals surface area contributed by atoms with Crippen LogP contribution in [-0.2, 0) is 0 Å². The van der Waals surface area contributed by atoms with Crippen molar-refractivity contribution in [3.8, 4) is 0 Å². The molecule has 11 heavy (non-hydrogen) atoms. The molecule has 58 valence electrons. The molecule has 1 aromatic heterocycles. The van der Waals surface area contributed by atoms with E-state index in [1.54, 1.807) is 0 Å². The van der Waals surface area contributed by atoms with Crippen molar-refractivity contribution in [3.05, 3.63) is 23.0 Å².